The lowest BCUT2D eigenvalue weighted by molar-refractivity contribution is 0.0566. The molecule has 0 bridgehead atoms. The van der Waals surface area contributed by atoms with Crippen molar-refractivity contribution in [2.75, 3.05) is 5.73 Å². The van der Waals surface area contributed by atoms with E-state index in [0.29, 0.717) is 15.9 Å². The summed E-state index contributed by atoms with van der Waals surface area (Å²) in [6, 6.07) is 5.39. The Hall–Kier alpha value is -1.91. The Balaban J connectivity index is 2.39. The first-order valence-corrected chi connectivity index (χ1v) is 4.77. The number of anilines is 1. The number of hydrogen-bond acceptors (Lipinski definition) is 2. The standard InChI is InChI=1S/C11H11F2N3/c1-7-4-8(2-3-10(7)14)9-5-15-16(6-9)11(12)13/h2-6,11H,14H2,1H3. The normalized spacial score (nSPS) is 11.0. The molecule has 3 nitrogen and oxygen atoms in total. The predicted molar refractivity (Wildman–Crippen MR) is 58.1 cm³/mol. The maximum absolute atomic E-state index is 12.3. The maximum Gasteiger partial charge on any atom is 0.333 e. The summed E-state index contributed by atoms with van der Waals surface area (Å²) in [6.07, 6.45) is 2.73. The summed E-state index contributed by atoms with van der Waals surface area (Å²) >= 11 is 0. The van der Waals surface area contributed by atoms with Crippen LogP contribution in [0, 0.1) is 6.92 Å². The predicted octanol–water partition coefficient (Wildman–Crippen LogP) is 2.84. The van der Waals surface area contributed by atoms with Crippen molar-refractivity contribution >= 4 is 5.69 Å². The zero-order valence-corrected chi connectivity index (χ0v) is 8.69. The van der Waals surface area contributed by atoms with E-state index in [1.807, 2.05) is 13.0 Å². The molecule has 0 aliphatic carbocycles. The van der Waals surface area contributed by atoms with Crippen molar-refractivity contribution in [2.24, 2.45) is 0 Å². The Bertz CT molecular complexity index is 506. The van der Waals surface area contributed by atoms with Crippen molar-refractivity contribution in [2.45, 2.75) is 13.5 Å². The van der Waals surface area contributed by atoms with Gasteiger partial charge in [0.1, 0.15) is 0 Å². The minimum absolute atomic E-state index is 0.626. The molecule has 5 heteroatoms. The van der Waals surface area contributed by atoms with E-state index < -0.39 is 6.55 Å². The topological polar surface area (TPSA) is 43.8 Å². The maximum atomic E-state index is 12.3. The number of nitrogen functional groups attached to an aromatic ring is 1. The number of benzene rings is 1. The number of nitrogens with zero attached hydrogens (tertiary/aromatic N) is 2. The molecule has 0 spiro atoms. The summed E-state index contributed by atoms with van der Waals surface area (Å²) in [5.74, 6) is 0. The van der Waals surface area contributed by atoms with Crippen LogP contribution in [-0.2, 0) is 0 Å². The summed E-state index contributed by atoms with van der Waals surface area (Å²) in [7, 11) is 0. The van der Waals surface area contributed by atoms with Crippen molar-refractivity contribution in [3.05, 3.63) is 36.2 Å². The highest BCUT2D eigenvalue weighted by Gasteiger charge is 2.08. The lowest BCUT2D eigenvalue weighted by Gasteiger charge is -2.02. The first-order chi connectivity index (χ1) is 7.58. The van der Waals surface area contributed by atoms with Crippen LogP contribution in [0.15, 0.2) is 30.6 Å². The molecule has 0 saturated carbocycles. The Morgan fingerprint density at radius 1 is 1.31 bits per heavy atom. The molecule has 2 N–H and O–H groups in total. The summed E-state index contributed by atoms with van der Waals surface area (Å²) in [6.45, 7) is -0.736. The molecular weight excluding hydrogens is 212 g/mol. The molecule has 2 rings (SSSR count). The first kappa shape index (κ1) is 10.6. The van der Waals surface area contributed by atoms with Crippen molar-refractivity contribution < 1.29 is 8.78 Å². The number of nitrogens with two attached hydrogens (primary N) is 1. The molecule has 1 aromatic carbocycles. The van der Waals surface area contributed by atoms with Crippen LogP contribution in [0.5, 0.6) is 0 Å². The van der Waals surface area contributed by atoms with Gasteiger partial charge in [-0.15, -0.1) is 0 Å². The number of halogens is 2. The SMILES string of the molecule is Cc1cc(-c2cnn(C(F)F)c2)ccc1N. The van der Waals surface area contributed by atoms with Crippen LogP contribution in [0.2, 0.25) is 0 Å². The van der Waals surface area contributed by atoms with Gasteiger partial charge in [0.05, 0.1) is 6.20 Å². The van der Waals surface area contributed by atoms with Gasteiger partial charge < -0.3 is 5.73 Å². The molecule has 0 fully saturated rings. The van der Waals surface area contributed by atoms with Gasteiger partial charge in [-0.25, -0.2) is 4.68 Å². The van der Waals surface area contributed by atoms with Crippen LogP contribution in [0.4, 0.5) is 14.5 Å². The summed E-state index contributed by atoms with van der Waals surface area (Å²) in [5, 5.41) is 3.58. The van der Waals surface area contributed by atoms with Gasteiger partial charge in [-0.2, -0.15) is 13.9 Å². The highest BCUT2D eigenvalue weighted by atomic mass is 19.3. The van der Waals surface area contributed by atoms with Crippen molar-refractivity contribution in [1.82, 2.24) is 9.78 Å². The minimum Gasteiger partial charge on any atom is -0.399 e. The average Bonchev–Trinajstić information content (AvgIpc) is 2.71. The third kappa shape index (κ3) is 1.88. The molecule has 16 heavy (non-hydrogen) atoms. The zero-order chi connectivity index (χ0) is 11.7. The molecule has 2 aromatic rings. The van der Waals surface area contributed by atoms with Crippen LogP contribution in [0.25, 0.3) is 11.1 Å². The average molecular weight is 223 g/mol. The monoisotopic (exact) mass is 223 g/mol. The lowest BCUT2D eigenvalue weighted by atomic mass is 10.1. The van der Waals surface area contributed by atoms with Crippen molar-refractivity contribution in [1.29, 1.82) is 0 Å². The number of hydrogen-bond donors (Lipinski definition) is 1. The van der Waals surface area contributed by atoms with Crippen molar-refractivity contribution in [3.63, 3.8) is 0 Å². The Morgan fingerprint density at radius 2 is 2.06 bits per heavy atom. The molecule has 0 aliphatic heterocycles. The second-order valence-corrected chi connectivity index (χ2v) is 3.56. The molecular formula is C11H11F2N3. The Kier molecular flexibility index (Phi) is 2.60. The third-order valence-electron chi connectivity index (χ3n) is 2.40. The Labute approximate surface area is 91.5 Å². The number of rotatable bonds is 2. The molecule has 84 valence electrons. The summed E-state index contributed by atoms with van der Waals surface area (Å²) in [5.41, 5.74) is 8.77. The number of alkyl halides is 2. The van der Waals surface area contributed by atoms with Gasteiger partial charge in [0, 0.05) is 17.4 Å². The lowest BCUT2D eigenvalue weighted by Crippen LogP contribution is -1.96. The molecule has 0 radical (unpaired) electrons. The molecule has 0 unspecified atom stereocenters. The number of aryl methyl sites for hydroxylation is 1. The third-order valence-corrected chi connectivity index (χ3v) is 2.40. The van der Waals surface area contributed by atoms with Gasteiger partial charge in [0.15, 0.2) is 0 Å². The van der Waals surface area contributed by atoms with Crippen LogP contribution in [0.1, 0.15) is 12.1 Å². The molecule has 0 atom stereocenters. The number of aromatic nitrogens is 2. The molecule has 1 aromatic heterocycles. The fourth-order valence-electron chi connectivity index (χ4n) is 1.45. The second kappa shape index (κ2) is 3.92. The van der Waals surface area contributed by atoms with Crippen LogP contribution in [-0.4, -0.2) is 9.78 Å². The van der Waals surface area contributed by atoms with Gasteiger partial charge in [0.25, 0.3) is 0 Å². The van der Waals surface area contributed by atoms with E-state index in [1.165, 1.54) is 12.4 Å². The fraction of sp³-hybridized carbons (Fsp3) is 0.182. The van der Waals surface area contributed by atoms with Gasteiger partial charge in [0.2, 0.25) is 0 Å². The van der Waals surface area contributed by atoms with E-state index in [-0.39, 0.29) is 0 Å². The fourth-order valence-corrected chi connectivity index (χ4v) is 1.45. The van der Waals surface area contributed by atoms with E-state index in [9.17, 15) is 8.78 Å². The van der Waals surface area contributed by atoms with Crippen LogP contribution in [0.3, 0.4) is 0 Å². The van der Waals surface area contributed by atoms with E-state index in [2.05, 4.69) is 5.10 Å². The van der Waals surface area contributed by atoms with Crippen molar-refractivity contribution in [3.8, 4) is 11.1 Å². The van der Waals surface area contributed by atoms with E-state index >= 15 is 0 Å². The smallest absolute Gasteiger partial charge is 0.333 e. The molecule has 1 heterocycles. The van der Waals surface area contributed by atoms with Gasteiger partial charge >= 0.3 is 6.55 Å². The van der Waals surface area contributed by atoms with Gasteiger partial charge in [-0.05, 0) is 30.2 Å². The zero-order valence-electron chi connectivity index (χ0n) is 8.69. The Morgan fingerprint density at radius 3 is 2.62 bits per heavy atom. The second-order valence-electron chi connectivity index (χ2n) is 3.56. The van der Waals surface area contributed by atoms with Gasteiger partial charge in [-0.3, -0.25) is 0 Å². The van der Waals surface area contributed by atoms with Crippen LogP contribution >= 0.6 is 0 Å². The summed E-state index contributed by atoms with van der Waals surface area (Å²) in [4.78, 5) is 0. The highest BCUT2D eigenvalue weighted by molar-refractivity contribution is 5.66. The molecule has 0 aliphatic rings. The largest absolute Gasteiger partial charge is 0.399 e. The highest BCUT2D eigenvalue weighted by Crippen LogP contribution is 2.24. The summed E-state index contributed by atoms with van der Waals surface area (Å²) < 4.78 is 25.3. The quantitative estimate of drug-likeness (QED) is 0.795. The molecule has 0 saturated heterocycles. The minimum atomic E-state index is -2.61. The first-order valence-electron chi connectivity index (χ1n) is 4.77. The van der Waals surface area contributed by atoms with E-state index in [1.54, 1.807) is 12.1 Å². The van der Waals surface area contributed by atoms with E-state index in [0.717, 1.165) is 11.1 Å². The van der Waals surface area contributed by atoms with Gasteiger partial charge in [-0.1, -0.05) is 6.07 Å². The molecule has 0 amide bonds. The van der Waals surface area contributed by atoms with Crippen LogP contribution < -0.4 is 5.73 Å². The van der Waals surface area contributed by atoms with E-state index in [4.69, 9.17) is 5.73 Å².